The van der Waals surface area contributed by atoms with E-state index in [9.17, 15) is 18.0 Å². The molecule has 12 heteroatoms. The van der Waals surface area contributed by atoms with Gasteiger partial charge >= 0.3 is 6.18 Å². The Kier molecular flexibility index (Phi) is 4.69. The highest BCUT2D eigenvalue weighted by Crippen LogP contribution is 2.41. The number of halogens is 3. The van der Waals surface area contributed by atoms with E-state index in [0.717, 1.165) is 24.6 Å². The van der Waals surface area contributed by atoms with Crippen LogP contribution in [0.2, 0.25) is 0 Å². The summed E-state index contributed by atoms with van der Waals surface area (Å²) in [7, 11) is 0. The minimum Gasteiger partial charge on any atom is -0.307 e. The van der Waals surface area contributed by atoms with E-state index in [1.165, 1.54) is 12.1 Å². The van der Waals surface area contributed by atoms with Crippen LogP contribution in [-0.2, 0) is 6.18 Å². The van der Waals surface area contributed by atoms with Crippen molar-refractivity contribution < 1.29 is 13.2 Å². The number of alkyl halides is 3. The Labute approximate surface area is 194 Å². The van der Waals surface area contributed by atoms with Crippen LogP contribution in [0.1, 0.15) is 30.0 Å². The lowest BCUT2D eigenvalue weighted by Crippen LogP contribution is -2.09. The van der Waals surface area contributed by atoms with Crippen molar-refractivity contribution in [3.8, 4) is 22.5 Å². The Morgan fingerprint density at radius 3 is 2.49 bits per heavy atom. The van der Waals surface area contributed by atoms with Crippen LogP contribution in [0.25, 0.3) is 33.4 Å². The molecular formula is C23H17F3N8O. The average molecular weight is 478 g/mol. The van der Waals surface area contributed by atoms with Gasteiger partial charge in [0, 0.05) is 41.2 Å². The van der Waals surface area contributed by atoms with Crippen molar-refractivity contribution in [2.45, 2.75) is 24.9 Å². The molecule has 4 N–H and O–H groups in total. The van der Waals surface area contributed by atoms with Crippen LogP contribution >= 0.6 is 0 Å². The number of pyridine rings is 1. The van der Waals surface area contributed by atoms with Crippen molar-refractivity contribution in [1.82, 2.24) is 35.3 Å². The fourth-order valence-electron chi connectivity index (χ4n) is 3.96. The van der Waals surface area contributed by atoms with Gasteiger partial charge in [-0.25, -0.2) is 9.97 Å². The minimum absolute atomic E-state index is 0.00193. The highest BCUT2D eigenvalue weighted by Gasteiger charge is 2.35. The van der Waals surface area contributed by atoms with Gasteiger partial charge in [-0.05, 0) is 43.2 Å². The van der Waals surface area contributed by atoms with Crippen molar-refractivity contribution in [2.75, 3.05) is 5.32 Å². The molecule has 0 unspecified atom stereocenters. The molecule has 0 aliphatic heterocycles. The van der Waals surface area contributed by atoms with Crippen LogP contribution in [0, 0.1) is 0 Å². The van der Waals surface area contributed by atoms with E-state index in [-0.39, 0.29) is 28.1 Å². The summed E-state index contributed by atoms with van der Waals surface area (Å²) >= 11 is 0. The van der Waals surface area contributed by atoms with Crippen molar-refractivity contribution in [3.63, 3.8) is 0 Å². The monoisotopic (exact) mass is 478 g/mol. The van der Waals surface area contributed by atoms with Gasteiger partial charge in [0.1, 0.15) is 0 Å². The largest absolute Gasteiger partial charge is 0.417 e. The Bertz CT molecular complexity index is 1600. The van der Waals surface area contributed by atoms with E-state index in [0.29, 0.717) is 23.0 Å². The van der Waals surface area contributed by atoms with Gasteiger partial charge in [-0.15, -0.1) is 0 Å². The molecule has 0 amide bonds. The summed E-state index contributed by atoms with van der Waals surface area (Å²) in [5.41, 5.74) is 0.364. The third-order valence-corrected chi connectivity index (χ3v) is 5.85. The predicted octanol–water partition coefficient (Wildman–Crippen LogP) is 4.74. The molecule has 9 nitrogen and oxygen atoms in total. The maximum absolute atomic E-state index is 14.0. The number of hydrogen-bond acceptors (Lipinski definition) is 6. The second-order valence-electron chi connectivity index (χ2n) is 8.33. The number of aromatic amines is 3. The van der Waals surface area contributed by atoms with E-state index in [1.807, 2.05) is 6.07 Å². The van der Waals surface area contributed by atoms with E-state index in [4.69, 9.17) is 0 Å². The molecule has 0 atom stereocenters. The van der Waals surface area contributed by atoms with Gasteiger partial charge in [-0.3, -0.25) is 25.1 Å². The third-order valence-electron chi connectivity index (χ3n) is 5.85. The Balaban J connectivity index is 1.53. The fourth-order valence-corrected chi connectivity index (χ4v) is 3.96. The smallest absolute Gasteiger partial charge is 0.307 e. The van der Waals surface area contributed by atoms with Crippen molar-refractivity contribution in [1.29, 1.82) is 0 Å². The number of nitrogens with zero attached hydrogens (tertiary/aromatic N) is 4. The van der Waals surface area contributed by atoms with Crippen LogP contribution in [0.5, 0.6) is 0 Å². The summed E-state index contributed by atoms with van der Waals surface area (Å²) < 4.78 is 42.1. The van der Waals surface area contributed by atoms with Crippen LogP contribution in [0.4, 0.5) is 24.9 Å². The Morgan fingerprint density at radius 2 is 1.74 bits per heavy atom. The molecule has 0 spiro atoms. The molecule has 1 saturated carbocycles. The Hall–Kier alpha value is -4.48. The van der Waals surface area contributed by atoms with Gasteiger partial charge in [-0.2, -0.15) is 18.3 Å². The first-order valence-corrected chi connectivity index (χ1v) is 10.8. The summed E-state index contributed by atoms with van der Waals surface area (Å²) in [4.78, 5) is 25.0. The molecule has 0 radical (unpaired) electrons. The zero-order chi connectivity index (χ0) is 24.2. The van der Waals surface area contributed by atoms with Crippen LogP contribution in [0.3, 0.4) is 0 Å². The summed E-state index contributed by atoms with van der Waals surface area (Å²) in [6, 6.07) is 8.78. The van der Waals surface area contributed by atoms with Gasteiger partial charge < -0.3 is 5.32 Å². The highest BCUT2D eigenvalue weighted by atomic mass is 19.4. The number of H-pyrrole nitrogens is 3. The quantitative estimate of drug-likeness (QED) is 0.289. The summed E-state index contributed by atoms with van der Waals surface area (Å²) in [5, 5.41) is 15.1. The first-order chi connectivity index (χ1) is 16.8. The van der Waals surface area contributed by atoms with Crippen molar-refractivity contribution in [3.05, 3.63) is 70.4 Å². The second kappa shape index (κ2) is 7.79. The number of benzene rings is 1. The molecule has 4 aromatic heterocycles. The zero-order valence-electron chi connectivity index (χ0n) is 17.9. The van der Waals surface area contributed by atoms with E-state index >= 15 is 0 Å². The first kappa shape index (κ1) is 21.1. The second-order valence-corrected chi connectivity index (χ2v) is 8.33. The predicted molar refractivity (Wildman–Crippen MR) is 122 cm³/mol. The number of aromatic nitrogens is 7. The van der Waals surface area contributed by atoms with Crippen molar-refractivity contribution >= 4 is 22.7 Å². The standard InChI is InChI=1S/C23H17F3N8O/c24-23(25,26)15-8-19-14(21(35)34-32-19)7-13(15)18-9-16(12-3-5-27-6-4-12)28-22(29-18)30-20-10-17(31-33-20)11-1-2-11/h3-11H,1-2H2,(H2,32,34,35)(H2,28,29,30,31,33). The molecule has 5 aromatic rings. The molecular weight excluding hydrogens is 461 g/mol. The number of nitrogens with one attached hydrogen (secondary N) is 4. The number of rotatable bonds is 5. The average Bonchev–Trinajstić information content (AvgIpc) is 3.49. The summed E-state index contributed by atoms with van der Waals surface area (Å²) in [6.45, 7) is 0. The van der Waals surface area contributed by atoms with Gasteiger partial charge in [-0.1, -0.05) is 0 Å². The Morgan fingerprint density at radius 1 is 0.971 bits per heavy atom. The maximum atomic E-state index is 14.0. The first-order valence-electron chi connectivity index (χ1n) is 10.8. The van der Waals surface area contributed by atoms with Crippen molar-refractivity contribution in [2.24, 2.45) is 0 Å². The number of fused-ring (bicyclic) bond motifs is 1. The summed E-state index contributed by atoms with van der Waals surface area (Å²) in [6.07, 6.45) is 0.606. The lowest BCUT2D eigenvalue weighted by Gasteiger charge is -2.14. The number of anilines is 2. The van der Waals surface area contributed by atoms with Crippen LogP contribution < -0.4 is 10.9 Å². The molecule has 0 bridgehead atoms. The SMILES string of the molecule is O=c1[nH][nH]c2cc(C(F)(F)F)c(-c3cc(-c4ccncc4)nc(Nc4cc(C5CC5)[nH]n4)n3)cc12. The molecule has 6 rings (SSSR count). The maximum Gasteiger partial charge on any atom is 0.417 e. The molecule has 4 heterocycles. The fraction of sp³-hybridized carbons (Fsp3) is 0.174. The molecule has 1 aliphatic carbocycles. The van der Waals surface area contributed by atoms with E-state index in [2.05, 4.69) is 40.7 Å². The van der Waals surface area contributed by atoms with Crippen LogP contribution in [0.15, 0.2) is 53.6 Å². The lowest BCUT2D eigenvalue weighted by molar-refractivity contribution is -0.137. The summed E-state index contributed by atoms with van der Waals surface area (Å²) in [5.74, 6) is 0.968. The lowest BCUT2D eigenvalue weighted by atomic mass is 10.00. The number of hydrogen-bond donors (Lipinski definition) is 4. The van der Waals surface area contributed by atoms with Gasteiger partial charge in [0.2, 0.25) is 5.95 Å². The van der Waals surface area contributed by atoms with Crippen LogP contribution in [-0.4, -0.2) is 35.3 Å². The topological polar surface area (TPSA) is 128 Å². The van der Waals surface area contributed by atoms with E-state index in [1.54, 1.807) is 24.5 Å². The zero-order valence-corrected chi connectivity index (χ0v) is 17.9. The van der Waals surface area contributed by atoms with Gasteiger partial charge in [0.25, 0.3) is 5.56 Å². The van der Waals surface area contributed by atoms with E-state index < -0.39 is 17.3 Å². The molecule has 0 saturated heterocycles. The normalized spacial score (nSPS) is 13.9. The minimum atomic E-state index is -4.69. The molecule has 1 fully saturated rings. The molecule has 35 heavy (non-hydrogen) atoms. The van der Waals surface area contributed by atoms with Gasteiger partial charge in [0.05, 0.1) is 27.9 Å². The third kappa shape index (κ3) is 4.03. The highest BCUT2D eigenvalue weighted by molar-refractivity contribution is 5.86. The molecule has 1 aliphatic rings. The molecule has 176 valence electrons. The molecule has 1 aromatic carbocycles. The van der Waals surface area contributed by atoms with Gasteiger partial charge in [0.15, 0.2) is 5.82 Å².